The average Bonchev–Trinajstić information content (AvgIpc) is 2.82. The molecule has 0 fully saturated rings. The van der Waals surface area contributed by atoms with Gasteiger partial charge in [-0.05, 0) is 31.0 Å². The van der Waals surface area contributed by atoms with E-state index >= 15 is 0 Å². The molecule has 0 radical (unpaired) electrons. The number of nitrogens with two attached hydrogens (primary N) is 1. The van der Waals surface area contributed by atoms with E-state index in [0.717, 1.165) is 29.9 Å². The molecule has 1 aromatic carbocycles. The van der Waals surface area contributed by atoms with Crippen molar-refractivity contribution in [3.8, 4) is 11.8 Å². The first-order valence-electron chi connectivity index (χ1n) is 6.08. The van der Waals surface area contributed by atoms with Crippen LogP contribution in [0.5, 0.6) is 0 Å². The molecule has 0 atom stereocenters. The molecule has 2 aromatic rings. The zero-order valence-corrected chi connectivity index (χ0v) is 10.6. The average molecular weight is 240 g/mol. The van der Waals surface area contributed by atoms with Crippen molar-refractivity contribution in [1.29, 1.82) is 5.26 Å². The number of para-hydroxylation sites is 1. The second-order valence-corrected chi connectivity index (χ2v) is 4.10. The van der Waals surface area contributed by atoms with Crippen LogP contribution in [-0.2, 0) is 12.8 Å². The SMILES string of the molecule is CCc1cc(CC)n(-c2cccc(C#N)c2N)n1. The van der Waals surface area contributed by atoms with Gasteiger partial charge in [0.25, 0.3) is 0 Å². The standard InChI is InChI=1S/C14H16N4/c1-3-11-8-12(4-2)18(17-11)13-7-5-6-10(9-15)14(13)16/h5-8H,3-4,16H2,1-2H3. The lowest BCUT2D eigenvalue weighted by Crippen LogP contribution is -2.06. The van der Waals surface area contributed by atoms with Gasteiger partial charge in [-0.2, -0.15) is 10.4 Å². The Bertz CT molecular complexity index is 605. The first-order valence-corrected chi connectivity index (χ1v) is 6.08. The summed E-state index contributed by atoms with van der Waals surface area (Å²) < 4.78 is 1.84. The third-order valence-corrected chi connectivity index (χ3v) is 2.99. The summed E-state index contributed by atoms with van der Waals surface area (Å²) in [6, 6.07) is 9.62. The first kappa shape index (κ1) is 12.2. The van der Waals surface area contributed by atoms with E-state index in [0.29, 0.717) is 11.3 Å². The Balaban J connectivity index is 2.62. The zero-order chi connectivity index (χ0) is 13.1. The Labute approximate surface area is 107 Å². The number of benzene rings is 1. The van der Waals surface area contributed by atoms with Crippen molar-refractivity contribution in [1.82, 2.24) is 9.78 Å². The van der Waals surface area contributed by atoms with Gasteiger partial charge in [0, 0.05) is 5.69 Å². The quantitative estimate of drug-likeness (QED) is 0.838. The Kier molecular flexibility index (Phi) is 3.33. The maximum Gasteiger partial charge on any atom is 0.101 e. The summed E-state index contributed by atoms with van der Waals surface area (Å²) in [6.07, 6.45) is 1.76. The minimum Gasteiger partial charge on any atom is -0.396 e. The number of nitrogens with zero attached hydrogens (tertiary/aromatic N) is 3. The molecule has 4 nitrogen and oxygen atoms in total. The molecular formula is C14H16N4. The van der Waals surface area contributed by atoms with Crippen molar-refractivity contribution in [2.45, 2.75) is 26.7 Å². The fourth-order valence-corrected chi connectivity index (χ4v) is 1.94. The monoisotopic (exact) mass is 240 g/mol. The van der Waals surface area contributed by atoms with E-state index < -0.39 is 0 Å². The summed E-state index contributed by atoms with van der Waals surface area (Å²) in [6.45, 7) is 4.15. The molecule has 2 N–H and O–H groups in total. The second-order valence-electron chi connectivity index (χ2n) is 4.10. The second kappa shape index (κ2) is 4.92. The van der Waals surface area contributed by atoms with Crippen LogP contribution >= 0.6 is 0 Å². The summed E-state index contributed by atoms with van der Waals surface area (Å²) >= 11 is 0. The third-order valence-electron chi connectivity index (χ3n) is 2.99. The highest BCUT2D eigenvalue weighted by Crippen LogP contribution is 2.23. The highest BCUT2D eigenvalue weighted by molar-refractivity contribution is 5.66. The molecule has 0 unspecified atom stereocenters. The Morgan fingerprint density at radius 2 is 2.11 bits per heavy atom. The smallest absolute Gasteiger partial charge is 0.101 e. The number of hydrogen-bond acceptors (Lipinski definition) is 3. The van der Waals surface area contributed by atoms with Crippen LogP contribution in [0.25, 0.3) is 5.69 Å². The van der Waals surface area contributed by atoms with Gasteiger partial charge >= 0.3 is 0 Å². The maximum absolute atomic E-state index is 9.01. The topological polar surface area (TPSA) is 67.6 Å². The minimum atomic E-state index is 0.487. The first-order chi connectivity index (χ1) is 8.71. The van der Waals surface area contributed by atoms with Gasteiger partial charge in [-0.25, -0.2) is 4.68 Å². The minimum absolute atomic E-state index is 0.487. The van der Waals surface area contributed by atoms with Crippen LogP contribution in [0.2, 0.25) is 0 Å². The normalized spacial score (nSPS) is 10.3. The van der Waals surface area contributed by atoms with Gasteiger partial charge in [0.05, 0.1) is 22.6 Å². The number of nitrogen functional groups attached to an aromatic ring is 1. The van der Waals surface area contributed by atoms with Crippen LogP contribution in [0.1, 0.15) is 30.8 Å². The van der Waals surface area contributed by atoms with Crippen LogP contribution < -0.4 is 5.73 Å². The van der Waals surface area contributed by atoms with Crippen LogP contribution in [-0.4, -0.2) is 9.78 Å². The van der Waals surface area contributed by atoms with Crippen molar-refractivity contribution in [2.75, 3.05) is 5.73 Å². The molecule has 0 aliphatic carbocycles. The van der Waals surface area contributed by atoms with E-state index in [2.05, 4.69) is 31.1 Å². The van der Waals surface area contributed by atoms with Crippen LogP contribution in [0.4, 0.5) is 5.69 Å². The molecule has 4 heteroatoms. The summed E-state index contributed by atoms with van der Waals surface area (Å²) in [5.74, 6) is 0. The summed E-state index contributed by atoms with van der Waals surface area (Å²) in [5.41, 5.74) is 9.92. The number of nitriles is 1. The van der Waals surface area contributed by atoms with Crippen LogP contribution in [0, 0.1) is 11.3 Å². The Morgan fingerprint density at radius 3 is 2.72 bits per heavy atom. The number of rotatable bonds is 3. The van der Waals surface area contributed by atoms with Crippen molar-refractivity contribution >= 4 is 5.69 Å². The molecule has 92 valence electrons. The Morgan fingerprint density at radius 1 is 1.33 bits per heavy atom. The van der Waals surface area contributed by atoms with Crippen molar-refractivity contribution < 1.29 is 0 Å². The maximum atomic E-state index is 9.01. The molecule has 0 amide bonds. The van der Waals surface area contributed by atoms with E-state index in [4.69, 9.17) is 11.0 Å². The van der Waals surface area contributed by atoms with Gasteiger partial charge in [-0.3, -0.25) is 0 Å². The summed E-state index contributed by atoms with van der Waals surface area (Å²) in [4.78, 5) is 0. The molecule has 0 saturated carbocycles. The highest BCUT2D eigenvalue weighted by atomic mass is 15.3. The lowest BCUT2D eigenvalue weighted by Gasteiger charge is -2.09. The third kappa shape index (κ3) is 1.95. The van der Waals surface area contributed by atoms with Gasteiger partial charge in [-0.15, -0.1) is 0 Å². The molecule has 1 aromatic heterocycles. The number of hydrogen-bond donors (Lipinski definition) is 1. The van der Waals surface area contributed by atoms with Gasteiger partial charge < -0.3 is 5.73 Å². The van der Waals surface area contributed by atoms with Crippen LogP contribution in [0.15, 0.2) is 24.3 Å². The molecule has 0 spiro atoms. The summed E-state index contributed by atoms with van der Waals surface area (Å²) in [7, 11) is 0. The van der Waals surface area contributed by atoms with Gasteiger partial charge in [-0.1, -0.05) is 19.9 Å². The zero-order valence-electron chi connectivity index (χ0n) is 10.6. The predicted molar refractivity (Wildman–Crippen MR) is 71.4 cm³/mol. The van der Waals surface area contributed by atoms with Crippen molar-refractivity contribution in [2.24, 2.45) is 0 Å². The van der Waals surface area contributed by atoms with E-state index in [-0.39, 0.29) is 0 Å². The molecule has 18 heavy (non-hydrogen) atoms. The van der Waals surface area contributed by atoms with Gasteiger partial charge in [0.1, 0.15) is 6.07 Å². The van der Waals surface area contributed by atoms with E-state index in [1.54, 1.807) is 6.07 Å². The lowest BCUT2D eigenvalue weighted by molar-refractivity contribution is 0.796. The summed E-state index contributed by atoms with van der Waals surface area (Å²) in [5, 5.41) is 13.5. The van der Waals surface area contributed by atoms with E-state index in [9.17, 15) is 0 Å². The lowest BCUT2D eigenvalue weighted by atomic mass is 10.1. The number of aryl methyl sites for hydroxylation is 2. The van der Waals surface area contributed by atoms with Gasteiger partial charge in [0.2, 0.25) is 0 Å². The molecule has 0 aliphatic heterocycles. The fraction of sp³-hybridized carbons (Fsp3) is 0.286. The number of anilines is 1. The highest BCUT2D eigenvalue weighted by Gasteiger charge is 2.11. The van der Waals surface area contributed by atoms with Crippen molar-refractivity contribution in [3.63, 3.8) is 0 Å². The molecule has 0 bridgehead atoms. The van der Waals surface area contributed by atoms with Crippen LogP contribution in [0.3, 0.4) is 0 Å². The Hall–Kier alpha value is -2.28. The van der Waals surface area contributed by atoms with Gasteiger partial charge in [0.15, 0.2) is 0 Å². The molecule has 1 heterocycles. The van der Waals surface area contributed by atoms with E-state index in [1.807, 2.05) is 16.8 Å². The fourth-order valence-electron chi connectivity index (χ4n) is 1.94. The molecule has 2 rings (SSSR count). The molecule has 0 aliphatic rings. The molecule has 0 saturated heterocycles. The number of aromatic nitrogens is 2. The largest absolute Gasteiger partial charge is 0.396 e. The van der Waals surface area contributed by atoms with E-state index in [1.165, 1.54) is 0 Å². The van der Waals surface area contributed by atoms with Crippen molar-refractivity contribution in [3.05, 3.63) is 41.2 Å². The predicted octanol–water partition coefficient (Wildman–Crippen LogP) is 2.45. The molecular weight excluding hydrogens is 224 g/mol.